The number of ether oxygens (including phenoxy) is 2. The number of nitrogens with one attached hydrogen (secondary N) is 1. The number of benzene rings is 3. The van der Waals surface area contributed by atoms with E-state index in [1.54, 1.807) is 18.3 Å². The molecule has 0 spiro atoms. The standard InChI is InChI=1S/C32H36N4O4S2/c1-4-6-25(19-32(35-33)36-34)24-8-10-26(11-9-24)40-20-23-7-14-31-29(18-23)30(21-41-31)28-13-12-27(17-22(28)2)39-15-5-16-42(3,37)38/h7-14,17-18,21,25H,5,15-16,19-20,33-34H2,1-3H3,(H,35,36)/t25-/m0/s1. The lowest BCUT2D eigenvalue weighted by Gasteiger charge is -2.13. The number of rotatable bonds is 12. The molecule has 4 rings (SSSR count). The molecule has 4 aromatic rings. The Bertz CT molecular complexity index is 1720. The Labute approximate surface area is 251 Å². The van der Waals surface area contributed by atoms with Gasteiger partial charge in [0.25, 0.3) is 0 Å². The summed E-state index contributed by atoms with van der Waals surface area (Å²) in [6.45, 7) is 4.66. The number of fused-ring (bicyclic) bond motifs is 1. The fourth-order valence-electron chi connectivity index (χ4n) is 4.65. The van der Waals surface area contributed by atoms with Crippen LogP contribution < -0.4 is 26.6 Å². The molecule has 8 nitrogen and oxygen atoms in total. The van der Waals surface area contributed by atoms with Gasteiger partial charge in [0, 0.05) is 28.3 Å². The molecule has 0 saturated heterocycles. The number of hydrogen-bond acceptors (Lipinski definition) is 8. The lowest BCUT2D eigenvalue weighted by Crippen LogP contribution is -2.32. The van der Waals surface area contributed by atoms with Crippen LogP contribution >= 0.6 is 11.3 Å². The fraction of sp³-hybridized carbons (Fsp3) is 0.281. The van der Waals surface area contributed by atoms with Gasteiger partial charge in [-0.1, -0.05) is 30.2 Å². The van der Waals surface area contributed by atoms with E-state index < -0.39 is 9.84 Å². The minimum Gasteiger partial charge on any atom is -0.494 e. The summed E-state index contributed by atoms with van der Waals surface area (Å²) in [5, 5.41) is 7.03. The molecular weight excluding hydrogens is 569 g/mol. The molecule has 0 aliphatic heterocycles. The summed E-state index contributed by atoms with van der Waals surface area (Å²) in [5.41, 5.74) is 8.00. The first-order valence-corrected chi connectivity index (χ1v) is 16.4. The van der Waals surface area contributed by atoms with Crippen molar-refractivity contribution in [1.29, 1.82) is 0 Å². The van der Waals surface area contributed by atoms with E-state index in [4.69, 9.17) is 21.2 Å². The molecule has 0 bridgehead atoms. The Morgan fingerprint density at radius 3 is 2.48 bits per heavy atom. The van der Waals surface area contributed by atoms with Crippen LogP contribution in [0.2, 0.25) is 0 Å². The van der Waals surface area contributed by atoms with E-state index in [9.17, 15) is 8.42 Å². The third kappa shape index (κ3) is 8.26. The summed E-state index contributed by atoms with van der Waals surface area (Å²) in [6, 6.07) is 20.3. The highest BCUT2D eigenvalue weighted by Gasteiger charge is 2.14. The maximum atomic E-state index is 11.3. The summed E-state index contributed by atoms with van der Waals surface area (Å²) >= 11 is 1.71. The first-order chi connectivity index (χ1) is 20.2. The van der Waals surface area contributed by atoms with Crippen LogP contribution in [0, 0.1) is 18.8 Å². The lowest BCUT2D eigenvalue weighted by molar-refractivity contribution is 0.306. The fourth-order valence-corrected chi connectivity index (χ4v) is 6.23. The van der Waals surface area contributed by atoms with Gasteiger partial charge < -0.3 is 20.7 Å². The normalized spacial score (nSPS) is 12.4. The molecule has 0 amide bonds. The highest BCUT2D eigenvalue weighted by molar-refractivity contribution is 7.90. The molecule has 5 N–H and O–H groups in total. The van der Waals surface area contributed by atoms with E-state index >= 15 is 0 Å². The molecule has 0 unspecified atom stereocenters. The largest absolute Gasteiger partial charge is 0.494 e. The average Bonchev–Trinajstić information content (AvgIpc) is 3.39. The summed E-state index contributed by atoms with van der Waals surface area (Å²) in [7, 11) is -2.98. The van der Waals surface area contributed by atoms with E-state index in [0.717, 1.165) is 39.3 Å². The van der Waals surface area contributed by atoms with Crippen LogP contribution in [0.1, 0.15) is 42.4 Å². The molecule has 1 atom stereocenters. The maximum Gasteiger partial charge on any atom is 0.147 e. The van der Waals surface area contributed by atoms with Crippen LogP contribution in [0.25, 0.3) is 21.2 Å². The molecule has 0 aliphatic carbocycles. The van der Waals surface area contributed by atoms with Gasteiger partial charge in [-0.3, -0.25) is 0 Å². The molecule has 3 aromatic carbocycles. The van der Waals surface area contributed by atoms with Crippen LogP contribution in [0.5, 0.6) is 11.5 Å². The Hall–Kier alpha value is -4.04. The monoisotopic (exact) mass is 604 g/mol. The zero-order valence-corrected chi connectivity index (χ0v) is 25.6. The smallest absolute Gasteiger partial charge is 0.147 e. The van der Waals surface area contributed by atoms with Gasteiger partial charge in [0.05, 0.1) is 18.3 Å². The zero-order chi connectivity index (χ0) is 30.1. The topological polar surface area (TPSA) is 129 Å². The number of aryl methyl sites for hydroxylation is 1. The maximum absolute atomic E-state index is 11.3. The van der Waals surface area contributed by atoms with Gasteiger partial charge in [0.1, 0.15) is 33.8 Å². The molecule has 10 heteroatoms. The number of hydrogen-bond donors (Lipinski definition) is 3. The number of sulfone groups is 1. The Kier molecular flexibility index (Phi) is 10.5. The van der Waals surface area contributed by atoms with Crippen molar-refractivity contribution in [3.05, 3.63) is 82.7 Å². The molecule has 0 fully saturated rings. The highest BCUT2D eigenvalue weighted by Crippen LogP contribution is 2.37. The Morgan fingerprint density at radius 1 is 1.05 bits per heavy atom. The van der Waals surface area contributed by atoms with Gasteiger partial charge in [0.15, 0.2) is 0 Å². The first kappa shape index (κ1) is 30.9. The molecule has 0 aliphatic rings. The second kappa shape index (κ2) is 14.2. The van der Waals surface area contributed by atoms with E-state index in [1.165, 1.54) is 16.3 Å². The van der Waals surface area contributed by atoms with Crippen LogP contribution in [-0.2, 0) is 16.4 Å². The number of amidine groups is 1. The van der Waals surface area contributed by atoms with E-state index in [0.29, 0.717) is 31.9 Å². The molecule has 42 heavy (non-hydrogen) atoms. The number of nitrogens with zero attached hydrogens (tertiary/aromatic N) is 1. The average molecular weight is 605 g/mol. The number of hydrazine groups is 1. The van der Waals surface area contributed by atoms with Crippen molar-refractivity contribution in [3.8, 4) is 34.5 Å². The van der Waals surface area contributed by atoms with Gasteiger partial charge >= 0.3 is 0 Å². The van der Waals surface area contributed by atoms with Crippen molar-refractivity contribution in [2.45, 2.75) is 39.2 Å². The Balaban J connectivity index is 1.44. The van der Waals surface area contributed by atoms with Crippen LogP contribution in [0.3, 0.4) is 0 Å². The van der Waals surface area contributed by atoms with Gasteiger partial charge in [-0.25, -0.2) is 14.3 Å². The number of nitrogens with two attached hydrogens (primary N) is 2. The number of thiophene rings is 1. The van der Waals surface area contributed by atoms with Crippen molar-refractivity contribution < 1.29 is 17.9 Å². The van der Waals surface area contributed by atoms with Crippen molar-refractivity contribution in [2.75, 3.05) is 18.6 Å². The predicted molar refractivity (Wildman–Crippen MR) is 172 cm³/mol. The van der Waals surface area contributed by atoms with Crippen LogP contribution in [-0.4, -0.2) is 32.9 Å². The second-order valence-electron chi connectivity index (χ2n) is 10.0. The minimum atomic E-state index is -2.98. The quantitative estimate of drug-likeness (QED) is 0.0486. The molecule has 0 saturated carbocycles. The second-order valence-corrected chi connectivity index (χ2v) is 13.2. The van der Waals surface area contributed by atoms with Crippen molar-refractivity contribution in [3.63, 3.8) is 0 Å². The lowest BCUT2D eigenvalue weighted by atomic mass is 9.95. The molecule has 1 heterocycles. The van der Waals surface area contributed by atoms with Gasteiger partial charge in [-0.05, 0) is 84.3 Å². The van der Waals surface area contributed by atoms with Crippen molar-refractivity contribution >= 4 is 37.1 Å². The summed E-state index contributed by atoms with van der Waals surface area (Å²) < 4.78 is 35.8. The SMILES string of the molecule is CC#C[C@@H](C/C(=N/N)NN)c1ccc(OCc2ccc3scc(-c4ccc(OCCCS(C)(=O)=O)cc4C)c3c2)cc1. The van der Waals surface area contributed by atoms with Gasteiger partial charge in [-0.2, -0.15) is 5.10 Å². The first-order valence-electron chi connectivity index (χ1n) is 13.5. The van der Waals surface area contributed by atoms with E-state index in [-0.39, 0.29) is 11.7 Å². The molecule has 0 radical (unpaired) electrons. The van der Waals surface area contributed by atoms with Gasteiger partial charge in [-0.15, -0.1) is 17.3 Å². The van der Waals surface area contributed by atoms with Crippen LogP contribution in [0.4, 0.5) is 0 Å². The highest BCUT2D eigenvalue weighted by atomic mass is 32.2. The molecular formula is C32H36N4O4S2. The van der Waals surface area contributed by atoms with E-state index in [2.05, 4.69) is 58.9 Å². The van der Waals surface area contributed by atoms with Gasteiger partial charge in [0.2, 0.25) is 0 Å². The third-order valence-electron chi connectivity index (χ3n) is 6.78. The summed E-state index contributed by atoms with van der Waals surface area (Å²) in [4.78, 5) is 0. The summed E-state index contributed by atoms with van der Waals surface area (Å²) in [6.07, 6.45) is 2.19. The molecule has 1 aromatic heterocycles. The van der Waals surface area contributed by atoms with Crippen LogP contribution in [0.15, 0.2) is 71.1 Å². The predicted octanol–water partition coefficient (Wildman–Crippen LogP) is 5.50. The third-order valence-corrected chi connectivity index (χ3v) is 8.77. The zero-order valence-electron chi connectivity index (χ0n) is 24.0. The van der Waals surface area contributed by atoms with E-state index in [1.807, 2.05) is 36.4 Å². The summed E-state index contributed by atoms with van der Waals surface area (Å²) in [5.74, 6) is 19.0. The number of hydrazone groups is 1. The Morgan fingerprint density at radius 2 is 1.81 bits per heavy atom. The molecule has 220 valence electrons. The minimum absolute atomic E-state index is 0.0919. The van der Waals surface area contributed by atoms with Crippen molar-refractivity contribution in [1.82, 2.24) is 5.43 Å². The van der Waals surface area contributed by atoms with Crippen molar-refractivity contribution in [2.24, 2.45) is 16.8 Å².